The molecule has 0 radical (unpaired) electrons. The lowest BCUT2D eigenvalue weighted by Gasteiger charge is -2.12. The van der Waals surface area contributed by atoms with E-state index in [9.17, 15) is 4.79 Å². The zero-order chi connectivity index (χ0) is 17.8. The number of H-pyrrole nitrogens is 1. The van der Waals surface area contributed by atoms with E-state index in [0.717, 1.165) is 10.9 Å². The van der Waals surface area contributed by atoms with Crippen molar-refractivity contribution < 1.29 is 9.53 Å². The maximum atomic E-state index is 12.8. The van der Waals surface area contributed by atoms with E-state index < -0.39 is 0 Å². The topological polar surface area (TPSA) is 79.9 Å². The zero-order valence-corrected chi connectivity index (χ0v) is 13.8. The predicted molar refractivity (Wildman–Crippen MR) is 99.1 cm³/mol. The molecule has 0 saturated heterocycles. The summed E-state index contributed by atoms with van der Waals surface area (Å²) in [6.45, 7) is 0.395. The van der Waals surface area contributed by atoms with E-state index in [-0.39, 0.29) is 5.91 Å². The summed E-state index contributed by atoms with van der Waals surface area (Å²) in [6, 6.07) is 18.8. The zero-order valence-electron chi connectivity index (χ0n) is 13.8. The maximum Gasteiger partial charge on any atom is 0.259 e. The summed E-state index contributed by atoms with van der Waals surface area (Å²) in [7, 11) is 0. The van der Waals surface area contributed by atoms with E-state index in [1.54, 1.807) is 30.6 Å². The predicted octanol–water partition coefficient (Wildman–Crippen LogP) is 3.79. The second kappa shape index (κ2) is 7.06. The van der Waals surface area contributed by atoms with E-state index in [4.69, 9.17) is 4.74 Å². The Morgan fingerprint density at radius 1 is 1.04 bits per heavy atom. The quantitative estimate of drug-likeness (QED) is 0.577. The lowest BCUT2D eigenvalue weighted by atomic mass is 10.1. The Kier molecular flexibility index (Phi) is 4.30. The van der Waals surface area contributed by atoms with Crippen LogP contribution in [0, 0.1) is 0 Å². The first-order chi connectivity index (χ1) is 12.8. The van der Waals surface area contributed by atoms with Crippen molar-refractivity contribution in [2.45, 2.75) is 6.61 Å². The van der Waals surface area contributed by atoms with Crippen molar-refractivity contribution in [3.63, 3.8) is 0 Å². The number of fused-ring (bicyclic) bond motifs is 1. The highest BCUT2D eigenvalue weighted by molar-refractivity contribution is 6.09. The molecule has 2 heterocycles. The number of benzene rings is 2. The second-order valence-electron chi connectivity index (χ2n) is 5.72. The van der Waals surface area contributed by atoms with Crippen molar-refractivity contribution in [1.82, 2.24) is 15.2 Å². The summed E-state index contributed by atoms with van der Waals surface area (Å²) in [5.41, 5.74) is 2.77. The number of rotatable bonds is 5. The summed E-state index contributed by atoms with van der Waals surface area (Å²) in [5.74, 6) is 0.286. The third-order valence-corrected chi connectivity index (χ3v) is 3.97. The van der Waals surface area contributed by atoms with Crippen molar-refractivity contribution in [2.24, 2.45) is 0 Å². The Hall–Kier alpha value is -3.67. The molecule has 0 spiro atoms. The molecule has 0 aliphatic heterocycles. The first-order valence-corrected chi connectivity index (χ1v) is 8.16. The van der Waals surface area contributed by atoms with E-state index in [2.05, 4.69) is 20.5 Å². The molecule has 2 aromatic carbocycles. The molecule has 6 nitrogen and oxygen atoms in total. The van der Waals surface area contributed by atoms with Crippen LogP contribution in [-0.4, -0.2) is 21.1 Å². The summed E-state index contributed by atoms with van der Waals surface area (Å²) in [4.78, 5) is 16.9. The van der Waals surface area contributed by atoms with Crippen LogP contribution in [0.3, 0.4) is 0 Å². The van der Waals surface area contributed by atoms with Gasteiger partial charge in [-0.15, -0.1) is 0 Å². The van der Waals surface area contributed by atoms with Crippen LogP contribution < -0.4 is 10.1 Å². The SMILES string of the molecule is O=C(Nc1ccnc2[nH]ncc12)c1ccccc1OCc1ccccc1. The highest BCUT2D eigenvalue weighted by atomic mass is 16.5. The van der Waals surface area contributed by atoms with Crippen LogP contribution in [-0.2, 0) is 6.61 Å². The van der Waals surface area contributed by atoms with Crippen LogP contribution in [0.4, 0.5) is 5.69 Å². The van der Waals surface area contributed by atoms with Gasteiger partial charge in [0.05, 0.1) is 22.8 Å². The van der Waals surface area contributed by atoms with Gasteiger partial charge in [0.1, 0.15) is 12.4 Å². The van der Waals surface area contributed by atoms with Crippen LogP contribution in [0.25, 0.3) is 11.0 Å². The molecule has 26 heavy (non-hydrogen) atoms. The number of amides is 1. The third-order valence-electron chi connectivity index (χ3n) is 3.97. The molecular formula is C20H16N4O2. The maximum absolute atomic E-state index is 12.8. The van der Waals surface area contributed by atoms with E-state index in [1.165, 1.54) is 0 Å². The van der Waals surface area contributed by atoms with Gasteiger partial charge in [0.15, 0.2) is 5.65 Å². The Labute approximate surface area is 149 Å². The molecule has 128 valence electrons. The number of aromatic nitrogens is 3. The molecule has 0 aliphatic rings. The fourth-order valence-electron chi connectivity index (χ4n) is 2.67. The van der Waals surface area contributed by atoms with E-state index in [1.807, 2.05) is 42.5 Å². The van der Waals surface area contributed by atoms with Crippen LogP contribution in [0.1, 0.15) is 15.9 Å². The van der Waals surface area contributed by atoms with Gasteiger partial charge in [0.2, 0.25) is 0 Å². The minimum Gasteiger partial charge on any atom is -0.488 e. The molecule has 2 N–H and O–H groups in total. The second-order valence-corrected chi connectivity index (χ2v) is 5.72. The Balaban J connectivity index is 1.55. The van der Waals surface area contributed by atoms with E-state index >= 15 is 0 Å². The molecular weight excluding hydrogens is 328 g/mol. The molecule has 0 bridgehead atoms. The number of hydrogen-bond acceptors (Lipinski definition) is 4. The van der Waals surface area contributed by atoms with Gasteiger partial charge >= 0.3 is 0 Å². The van der Waals surface area contributed by atoms with Gasteiger partial charge in [-0.3, -0.25) is 9.89 Å². The van der Waals surface area contributed by atoms with Crippen LogP contribution >= 0.6 is 0 Å². The number of hydrogen-bond donors (Lipinski definition) is 2. The van der Waals surface area contributed by atoms with Gasteiger partial charge in [0.25, 0.3) is 5.91 Å². The van der Waals surface area contributed by atoms with Crippen LogP contribution in [0.15, 0.2) is 73.1 Å². The van der Waals surface area contributed by atoms with E-state index in [0.29, 0.717) is 29.3 Å². The van der Waals surface area contributed by atoms with Gasteiger partial charge in [-0.1, -0.05) is 42.5 Å². The number of ether oxygens (including phenoxy) is 1. The fraction of sp³-hybridized carbons (Fsp3) is 0.0500. The highest BCUT2D eigenvalue weighted by Crippen LogP contribution is 2.23. The van der Waals surface area contributed by atoms with Gasteiger partial charge in [-0.05, 0) is 23.8 Å². The first-order valence-electron chi connectivity index (χ1n) is 8.16. The van der Waals surface area contributed by atoms with Crippen molar-refractivity contribution in [2.75, 3.05) is 5.32 Å². The lowest BCUT2D eigenvalue weighted by molar-refractivity contribution is 0.102. The molecule has 0 atom stereocenters. The van der Waals surface area contributed by atoms with Crippen LogP contribution in [0.5, 0.6) is 5.75 Å². The average Bonchev–Trinajstić information content (AvgIpc) is 3.17. The van der Waals surface area contributed by atoms with Crippen LogP contribution in [0.2, 0.25) is 0 Å². The smallest absolute Gasteiger partial charge is 0.259 e. The molecule has 4 aromatic rings. The first kappa shape index (κ1) is 15.8. The highest BCUT2D eigenvalue weighted by Gasteiger charge is 2.14. The number of para-hydroxylation sites is 1. The summed E-state index contributed by atoms with van der Waals surface area (Å²) >= 11 is 0. The molecule has 1 amide bonds. The van der Waals surface area contributed by atoms with Crippen molar-refractivity contribution in [3.05, 3.63) is 84.2 Å². The average molecular weight is 344 g/mol. The largest absolute Gasteiger partial charge is 0.488 e. The number of aromatic amines is 1. The molecule has 0 aliphatic carbocycles. The monoisotopic (exact) mass is 344 g/mol. The Bertz CT molecular complexity index is 1040. The summed E-state index contributed by atoms with van der Waals surface area (Å²) in [5, 5.41) is 10.4. The minimum atomic E-state index is -0.248. The number of pyridine rings is 1. The van der Waals surface area contributed by atoms with Crippen molar-refractivity contribution in [1.29, 1.82) is 0 Å². The Morgan fingerprint density at radius 3 is 2.73 bits per heavy atom. The molecule has 4 rings (SSSR count). The standard InChI is InChI=1S/C20H16N4O2/c25-20(23-17-10-11-21-19-16(17)12-22-24-19)15-8-4-5-9-18(15)26-13-14-6-2-1-3-7-14/h1-12H,13H2,(H2,21,22,23,24,25). The fourth-order valence-corrected chi connectivity index (χ4v) is 2.67. The number of carbonyl (C=O) groups is 1. The number of anilines is 1. The number of carbonyl (C=O) groups excluding carboxylic acids is 1. The number of nitrogens with zero attached hydrogens (tertiary/aromatic N) is 2. The molecule has 6 heteroatoms. The van der Waals surface area contributed by atoms with Crippen molar-refractivity contribution in [3.8, 4) is 5.75 Å². The lowest BCUT2D eigenvalue weighted by Crippen LogP contribution is -2.14. The molecule has 0 fully saturated rings. The van der Waals surface area contributed by atoms with Gasteiger partial charge in [0, 0.05) is 6.20 Å². The van der Waals surface area contributed by atoms with Crippen molar-refractivity contribution >= 4 is 22.6 Å². The molecule has 0 saturated carbocycles. The Morgan fingerprint density at radius 2 is 1.85 bits per heavy atom. The summed E-state index contributed by atoms with van der Waals surface area (Å²) in [6.07, 6.45) is 3.25. The summed E-state index contributed by atoms with van der Waals surface area (Å²) < 4.78 is 5.86. The number of nitrogens with one attached hydrogen (secondary N) is 2. The van der Waals surface area contributed by atoms with Gasteiger partial charge in [-0.2, -0.15) is 5.10 Å². The minimum absolute atomic E-state index is 0.248. The molecule has 2 aromatic heterocycles. The van der Waals surface area contributed by atoms with Gasteiger partial charge < -0.3 is 10.1 Å². The third kappa shape index (κ3) is 3.25. The van der Waals surface area contributed by atoms with Gasteiger partial charge in [-0.25, -0.2) is 4.98 Å². The molecule has 0 unspecified atom stereocenters. The normalized spacial score (nSPS) is 10.6.